The van der Waals surface area contributed by atoms with Crippen LogP contribution in [-0.4, -0.2) is 28.4 Å². The maximum atomic E-state index is 12.1. The van der Waals surface area contributed by atoms with E-state index in [9.17, 15) is 4.79 Å². The number of amides is 1. The van der Waals surface area contributed by atoms with E-state index in [0.717, 1.165) is 34.1 Å². The van der Waals surface area contributed by atoms with Crippen molar-refractivity contribution in [3.63, 3.8) is 0 Å². The normalized spacial score (nSPS) is 20.0. The summed E-state index contributed by atoms with van der Waals surface area (Å²) in [5.41, 5.74) is 3.24. The molecule has 2 rings (SSSR count). The second-order valence-corrected chi connectivity index (χ2v) is 6.65. The monoisotopic (exact) mass is 267 g/mol. The van der Waals surface area contributed by atoms with Crippen LogP contribution < -0.4 is 5.32 Å². The molecule has 0 radical (unpaired) electrons. The summed E-state index contributed by atoms with van der Waals surface area (Å²) in [6, 6.07) is 6.09. The van der Waals surface area contributed by atoms with E-state index in [1.165, 1.54) is 0 Å². The first-order valence-corrected chi connectivity index (χ1v) is 7.95. The van der Waals surface area contributed by atoms with Crippen LogP contribution in [0.15, 0.2) is 18.2 Å². The van der Waals surface area contributed by atoms with Crippen LogP contribution in [0.2, 0.25) is 0 Å². The summed E-state index contributed by atoms with van der Waals surface area (Å²) in [7, 11) is 0. The molecule has 1 amide bonds. The fraction of sp³-hybridized carbons (Fsp3) is 0.462. The van der Waals surface area contributed by atoms with Gasteiger partial charge in [0.05, 0.1) is 5.25 Å². The van der Waals surface area contributed by atoms with Crippen molar-refractivity contribution < 1.29 is 4.79 Å². The van der Waals surface area contributed by atoms with E-state index in [1.807, 2.05) is 43.8 Å². The average molecular weight is 267 g/mol. The average Bonchev–Trinajstić information content (AvgIpc) is 2.35. The molecule has 1 heterocycles. The quantitative estimate of drug-likeness (QED) is 0.893. The topological polar surface area (TPSA) is 29.1 Å². The van der Waals surface area contributed by atoms with Crippen LogP contribution in [0.3, 0.4) is 0 Å². The highest BCUT2D eigenvalue weighted by Crippen LogP contribution is 2.26. The zero-order chi connectivity index (χ0) is 12.3. The molecule has 17 heavy (non-hydrogen) atoms. The van der Waals surface area contributed by atoms with E-state index in [4.69, 9.17) is 0 Å². The standard InChI is InChI=1S/C13H17NOS2/c1-9-4-3-5-10(2)12(9)14-13(15)11-8-16-6-7-17-11/h3-5,11H,6-8H2,1-2H3,(H,14,15). The summed E-state index contributed by atoms with van der Waals surface area (Å²) < 4.78 is 0. The Labute approximate surface area is 111 Å². The Morgan fingerprint density at radius 1 is 1.29 bits per heavy atom. The molecule has 1 aromatic rings. The lowest BCUT2D eigenvalue weighted by molar-refractivity contribution is -0.115. The maximum Gasteiger partial charge on any atom is 0.238 e. The van der Waals surface area contributed by atoms with E-state index in [1.54, 1.807) is 11.8 Å². The number of anilines is 1. The van der Waals surface area contributed by atoms with Gasteiger partial charge in [0, 0.05) is 22.9 Å². The van der Waals surface area contributed by atoms with Crippen LogP contribution >= 0.6 is 23.5 Å². The van der Waals surface area contributed by atoms with Gasteiger partial charge in [0.25, 0.3) is 0 Å². The van der Waals surface area contributed by atoms with Gasteiger partial charge in [0.2, 0.25) is 5.91 Å². The Balaban J connectivity index is 2.07. The number of para-hydroxylation sites is 1. The highest BCUT2D eigenvalue weighted by Gasteiger charge is 2.22. The molecule has 2 nitrogen and oxygen atoms in total. The van der Waals surface area contributed by atoms with Crippen molar-refractivity contribution >= 4 is 35.1 Å². The minimum absolute atomic E-state index is 0.104. The Morgan fingerprint density at radius 3 is 2.59 bits per heavy atom. The number of hydrogen-bond acceptors (Lipinski definition) is 3. The van der Waals surface area contributed by atoms with Crippen molar-refractivity contribution in [1.82, 2.24) is 0 Å². The van der Waals surface area contributed by atoms with Crippen LogP contribution in [0, 0.1) is 13.8 Å². The second-order valence-electron chi connectivity index (χ2n) is 4.19. The predicted molar refractivity (Wildman–Crippen MR) is 78.1 cm³/mol. The molecule has 0 aliphatic carbocycles. The number of hydrogen-bond donors (Lipinski definition) is 1. The minimum atomic E-state index is 0.104. The number of benzene rings is 1. The number of thioether (sulfide) groups is 2. The Hall–Kier alpha value is -0.610. The summed E-state index contributed by atoms with van der Waals surface area (Å²) in [6.45, 7) is 4.07. The zero-order valence-corrected chi connectivity index (χ0v) is 11.8. The lowest BCUT2D eigenvalue weighted by atomic mass is 10.1. The first-order valence-electron chi connectivity index (χ1n) is 5.75. The molecule has 0 saturated carbocycles. The molecule has 1 aliphatic rings. The minimum Gasteiger partial charge on any atom is -0.325 e. The number of aryl methyl sites for hydroxylation is 2. The van der Waals surface area contributed by atoms with Gasteiger partial charge in [-0.25, -0.2) is 0 Å². The van der Waals surface area contributed by atoms with Crippen molar-refractivity contribution in [2.45, 2.75) is 19.1 Å². The van der Waals surface area contributed by atoms with Crippen molar-refractivity contribution in [3.8, 4) is 0 Å². The molecule has 1 saturated heterocycles. The van der Waals surface area contributed by atoms with Gasteiger partial charge >= 0.3 is 0 Å². The summed E-state index contributed by atoms with van der Waals surface area (Å²) in [5.74, 6) is 3.33. The number of carbonyl (C=O) groups is 1. The third-order valence-corrected chi connectivity index (χ3v) is 5.59. The second kappa shape index (κ2) is 5.83. The summed E-state index contributed by atoms with van der Waals surface area (Å²) in [4.78, 5) is 12.1. The Morgan fingerprint density at radius 2 is 2.00 bits per heavy atom. The molecule has 1 N–H and O–H groups in total. The summed E-state index contributed by atoms with van der Waals surface area (Å²) >= 11 is 3.64. The highest BCUT2D eigenvalue weighted by atomic mass is 32.2. The van der Waals surface area contributed by atoms with Gasteiger partial charge in [-0.3, -0.25) is 4.79 Å². The van der Waals surface area contributed by atoms with E-state index in [-0.39, 0.29) is 11.2 Å². The number of rotatable bonds is 2. The molecule has 4 heteroatoms. The van der Waals surface area contributed by atoms with Gasteiger partial charge in [-0.05, 0) is 25.0 Å². The van der Waals surface area contributed by atoms with Crippen molar-refractivity contribution in [1.29, 1.82) is 0 Å². The number of nitrogens with one attached hydrogen (secondary N) is 1. The molecule has 1 aliphatic heterocycles. The molecule has 1 fully saturated rings. The van der Waals surface area contributed by atoms with Gasteiger partial charge in [0.1, 0.15) is 0 Å². The lowest BCUT2D eigenvalue weighted by Crippen LogP contribution is -2.30. The fourth-order valence-corrected chi connectivity index (χ4v) is 4.41. The smallest absolute Gasteiger partial charge is 0.238 e. The van der Waals surface area contributed by atoms with Crippen LogP contribution in [0.4, 0.5) is 5.69 Å². The Kier molecular flexibility index (Phi) is 4.40. The van der Waals surface area contributed by atoms with Gasteiger partial charge in [-0.15, -0.1) is 11.8 Å². The number of carbonyl (C=O) groups excluding carboxylic acids is 1. The maximum absolute atomic E-state index is 12.1. The van der Waals surface area contributed by atoms with E-state index in [0.29, 0.717) is 0 Å². The molecule has 1 atom stereocenters. The van der Waals surface area contributed by atoms with Crippen LogP contribution in [-0.2, 0) is 4.79 Å². The molecule has 92 valence electrons. The van der Waals surface area contributed by atoms with Crippen LogP contribution in [0.25, 0.3) is 0 Å². The summed E-state index contributed by atoms with van der Waals surface area (Å²) in [6.07, 6.45) is 0. The lowest BCUT2D eigenvalue weighted by Gasteiger charge is -2.21. The van der Waals surface area contributed by atoms with Crippen molar-refractivity contribution in [2.24, 2.45) is 0 Å². The molecular formula is C13H17NOS2. The first kappa shape index (κ1) is 12.8. The largest absolute Gasteiger partial charge is 0.325 e. The SMILES string of the molecule is Cc1cccc(C)c1NC(=O)C1CSCCS1. The molecule has 0 spiro atoms. The Bertz CT molecular complexity index is 394. The van der Waals surface area contributed by atoms with Gasteiger partial charge < -0.3 is 5.32 Å². The predicted octanol–water partition coefficient (Wildman–Crippen LogP) is 3.09. The first-order chi connectivity index (χ1) is 8.18. The zero-order valence-electron chi connectivity index (χ0n) is 10.2. The van der Waals surface area contributed by atoms with E-state index in [2.05, 4.69) is 5.32 Å². The summed E-state index contributed by atoms with van der Waals surface area (Å²) in [5, 5.41) is 3.18. The third-order valence-electron chi connectivity index (χ3n) is 2.84. The van der Waals surface area contributed by atoms with Crippen LogP contribution in [0.5, 0.6) is 0 Å². The van der Waals surface area contributed by atoms with Gasteiger partial charge in [-0.1, -0.05) is 18.2 Å². The van der Waals surface area contributed by atoms with Crippen LogP contribution in [0.1, 0.15) is 11.1 Å². The molecule has 0 aromatic heterocycles. The molecule has 1 unspecified atom stereocenters. The van der Waals surface area contributed by atoms with E-state index < -0.39 is 0 Å². The molecule has 1 aromatic carbocycles. The fourth-order valence-electron chi connectivity index (χ4n) is 1.85. The van der Waals surface area contributed by atoms with Crippen molar-refractivity contribution in [2.75, 3.05) is 22.6 Å². The molecule has 0 bridgehead atoms. The van der Waals surface area contributed by atoms with Gasteiger partial charge in [-0.2, -0.15) is 11.8 Å². The molecular weight excluding hydrogens is 250 g/mol. The van der Waals surface area contributed by atoms with Gasteiger partial charge in [0.15, 0.2) is 0 Å². The third kappa shape index (κ3) is 3.19. The van der Waals surface area contributed by atoms with Crippen molar-refractivity contribution in [3.05, 3.63) is 29.3 Å². The van der Waals surface area contributed by atoms with E-state index >= 15 is 0 Å². The highest BCUT2D eigenvalue weighted by molar-refractivity contribution is 8.07.